The van der Waals surface area contributed by atoms with Crippen LogP contribution in [0.5, 0.6) is 11.6 Å². The minimum absolute atomic E-state index is 0.184. The molecule has 6 nitrogen and oxygen atoms in total. The van der Waals surface area contributed by atoms with Gasteiger partial charge in [-0.1, -0.05) is 13.8 Å². The number of aromatic nitrogens is 3. The lowest BCUT2D eigenvalue weighted by Crippen LogP contribution is -2.13. The van der Waals surface area contributed by atoms with Crippen molar-refractivity contribution in [3.63, 3.8) is 0 Å². The first-order valence-electron chi connectivity index (χ1n) is 6.05. The van der Waals surface area contributed by atoms with Gasteiger partial charge < -0.3 is 10.2 Å². The van der Waals surface area contributed by atoms with Crippen molar-refractivity contribution in [2.75, 3.05) is 5.43 Å². The summed E-state index contributed by atoms with van der Waals surface area (Å²) >= 11 is 0. The first-order chi connectivity index (χ1) is 9.11. The molecule has 6 heteroatoms. The number of nitrogens with one attached hydrogen (secondary N) is 1. The molecule has 0 spiro atoms. The summed E-state index contributed by atoms with van der Waals surface area (Å²) in [6, 6.07) is 3.62. The summed E-state index contributed by atoms with van der Waals surface area (Å²) < 4.78 is 5.73. The molecule has 2 heterocycles. The van der Waals surface area contributed by atoms with Crippen LogP contribution < -0.4 is 16.0 Å². The lowest BCUT2D eigenvalue weighted by Gasteiger charge is -2.13. The van der Waals surface area contributed by atoms with Gasteiger partial charge >= 0.3 is 0 Å². The number of hydrogen-bond acceptors (Lipinski definition) is 6. The van der Waals surface area contributed by atoms with Crippen molar-refractivity contribution in [1.29, 1.82) is 0 Å². The number of anilines is 1. The normalized spacial score (nSPS) is 10.6. The summed E-state index contributed by atoms with van der Waals surface area (Å²) in [4.78, 5) is 12.8. The van der Waals surface area contributed by atoms with E-state index in [2.05, 4.69) is 20.4 Å². The lowest BCUT2D eigenvalue weighted by atomic mass is 10.2. The SMILES string of the molecule is Cc1c(NN)nc(C(C)C)nc1Oc1cccnc1. The maximum Gasteiger partial charge on any atom is 0.227 e. The first kappa shape index (κ1) is 13.2. The van der Waals surface area contributed by atoms with Gasteiger partial charge in [0.25, 0.3) is 0 Å². The van der Waals surface area contributed by atoms with Gasteiger partial charge in [0.1, 0.15) is 11.6 Å². The largest absolute Gasteiger partial charge is 0.437 e. The summed E-state index contributed by atoms with van der Waals surface area (Å²) in [6.45, 7) is 5.88. The molecule has 0 atom stereocenters. The number of nitrogens with zero attached hydrogens (tertiary/aromatic N) is 3. The van der Waals surface area contributed by atoms with Crippen molar-refractivity contribution < 1.29 is 4.74 Å². The summed E-state index contributed by atoms with van der Waals surface area (Å²) in [5.41, 5.74) is 3.33. The summed E-state index contributed by atoms with van der Waals surface area (Å²) in [7, 11) is 0. The lowest BCUT2D eigenvalue weighted by molar-refractivity contribution is 0.451. The van der Waals surface area contributed by atoms with Crippen molar-refractivity contribution in [3.8, 4) is 11.6 Å². The molecule has 2 aromatic heterocycles. The molecule has 0 unspecified atom stereocenters. The summed E-state index contributed by atoms with van der Waals surface area (Å²) in [6.07, 6.45) is 3.32. The topological polar surface area (TPSA) is 86.0 Å². The second kappa shape index (κ2) is 5.62. The maximum absolute atomic E-state index is 5.73. The van der Waals surface area contributed by atoms with Gasteiger partial charge in [-0.15, -0.1) is 0 Å². The monoisotopic (exact) mass is 259 g/mol. The van der Waals surface area contributed by atoms with Crippen molar-refractivity contribution in [3.05, 3.63) is 35.9 Å². The molecule has 0 saturated carbocycles. The van der Waals surface area contributed by atoms with Gasteiger partial charge in [-0.2, -0.15) is 4.98 Å². The molecule has 100 valence electrons. The Labute approximate surface area is 112 Å². The number of nitrogens with two attached hydrogens (primary N) is 1. The first-order valence-corrected chi connectivity index (χ1v) is 6.05. The van der Waals surface area contributed by atoms with Crippen LogP contribution in [0.15, 0.2) is 24.5 Å². The van der Waals surface area contributed by atoms with Crippen LogP contribution in [0.1, 0.15) is 31.2 Å². The molecule has 19 heavy (non-hydrogen) atoms. The Hall–Kier alpha value is -2.21. The van der Waals surface area contributed by atoms with E-state index in [-0.39, 0.29) is 5.92 Å². The fourth-order valence-electron chi connectivity index (χ4n) is 1.53. The van der Waals surface area contributed by atoms with Gasteiger partial charge in [-0.05, 0) is 19.1 Å². The minimum atomic E-state index is 0.184. The predicted octanol–water partition coefficient (Wildman–Crippen LogP) is 2.38. The third-order valence-electron chi connectivity index (χ3n) is 2.62. The molecular formula is C13H17N5O. The molecule has 2 aromatic rings. The van der Waals surface area contributed by atoms with Crippen LogP contribution in [0.3, 0.4) is 0 Å². The highest BCUT2D eigenvalue weighted by Crippen LogP contribution is 2.27. The van der Waals surface area contributed by atoms with Crippen LogP contribution in [-0.4, -0.2) is 15.0 Å². The average Bonchev–Trinajstić information content (AvgIpc) is 2.42. The van der Waals surface area contributed by atoms with E-state index in [1.54, 1.807) is 18.5 Å². The van der Waals surface area contributed by atoms with Gasteiger partial charge in [0, 0.05) is 12.1 Å². The summed E-state index contributed by atoms with van der Waals surface area (Å²) in [5, 5.41) is 0. The highest BCUT2D eigenvalue weighted by Gasteiger charge is 2.14. The Balaban J connectivity index is 2.41. The van der Waals surface area contributed by atoms with Crippen LogP contribution in [0.2, 0.25) is 0 Å². The molecule has 0 fully saturated rings. The maximum atomic E-state index is 5.73. The minimum Gasteiger partial charge on any atom is -0.437 e. The fraction of sp³-hybridized carbons (Fsp3) is 0.308. The average molecular weight is 259 g/mol. The van der Waals surface area contributed by atoms with E-state index >= 15 is 0 Å². The molecule has 3 N–H and O–H groups in total. The second-order valence-electron chi connectivity index (χ2n) is 4.45. The van der Waals surface area contributed by atoms with Crippen LogP contribution in [0.4, 0.5) is 5.82 Å². The van der Waals surface area contributed by atoms with Crippen molar-refractivity contribution in [1.82, 2.24) is 15.0 Å². The Morgan fingerprint density at radius 2 is 2.11 bits per heavy atom. The highest BCUT2D eigenvalue weighted by molar-refractivity contribution is 5.48. The molecular weight excluding hydrogens is 242 g/mol. The molecule has 0 bridgehead atoms. The molecule has 0 aliphatic carbocycles. The van der Waals surface area contributed by atoms with Gasteiger partial charge in [-0.3, -0.25) is 4.98 Å². The van der Waals surface area contributed by atoms with Gasteiger partial charge in [0.2, 0.25) is 5.88 Å². The molecule has 0 aromatic carbocycles. The highest BCUT2D eigenvalue weighted by atomic mass is 16.5. The van der Waals surface area contributed by atoms with Gasteiger partial charge in [0.05, 0.1) is 11.8 Å². The molecule has 0 radical (unpaired) electrons. The number of hydrogen-bond donors (Lipinski definition) is 2. The predicted molar refractivity (Wildman–Crippen MR) is 73.0 cm³/mol. The Kier molecular flexibility index (Phi) is 3.91. The van der Waals surface area contributed by atoms with Gasteiger partial charge in [0.15, 0.2) is 5.82 Å². The fourth-order valence-corrected chi connectivity index (χ4v) is 1.53. The summed E-state index contributed by atoms with van der Waals surface area (Å²) in [5.74, 6) is 8.02. The zero-order valence-corrected chi connectivity index (χ0v) is 11.2. The Bertz CT molecular complexity index is 556. The standard InChI is InChI=1S/C13H17N5O/c1-8(2)11-16-12(18-14)9(3)13(17-11)19-10-5-4-6-15-7-10/h4-8H,14H2,1-3H3,(H,16,17,18). The molecule has 0 aliphatic heterocycles. The van der Waals surface area contributed by atoms with Gasteiger partial charge in [-0.25, -0.2) is 10.8 Å². The Morgan fingerprint density at radius 1 is 1.32 bits per heavy atom. The zero-order valence-electron chi connectivity index (χ0n) is 11.2. The number of nitrogen functional groups attached to an aromatic ring is 1. The van der Waals surface area contributed by atoms with E-state index in [1.165, 1.54) is 0 Å². The number of rotatable bonds is 4. The van der Waals surface area contributed by atoms with E-state index in [0.717, 1.165) is 5.56 Å². The quantitative estimate of drug-likeness (QED) is 0.647. The number of hydrazine groups is 1. The number of pyridine rings is 1. The van der Waals surface area contributed by atoms with E-state index in [1.807, 2.05) is 26.8 Å². The molecule has 0 saturated heterocycles. The third kappa shape index (κ3) is 2.97. The van der Waals surface area contributed by atoms with E-state index in [4.69, 9.17) is 10.6 Å². The van der Waals surface area contributed by atoms with Crippen LogP contribution in [0.25, 0.3) is 0 Å². The van der Waals surface area contributed by atoms with Crippen molar-refractivity contribution in [2.24, 2.45) is 5.84 Å². The third-order valence-corrected chi connectivity index (χ3v) is 2.62. The van der Waals surface area contributed by atoms with Crippen molar-refractivity contribution >= 4 is 5.82 Å². The molecule has 2 rings (SSSR count). The van der Waals surface area contributed by atoms with Crippen molar-refractivity contribution in [2.45, 2.75) is 26.7 Å². The second-order valence-corrected chi connectivity index (χ2v) is 4.45. The molecule has 0 aliphatic rings. The van der Waals surface area contributed by atoms with Crippen LogP contribution >= 0.6 is 0 Å². The van der Waals surface area contributed by atoms with E-state index in [9.17, 15) is 0 Å². The van der Waals surface area contributed by atoms with Crippen LogP contribution in [-0.2, 0) is 0 Å². The van der Waals surface area contributed by atoms with Crippen LogP contribution in [0, 0.1) is 6.92 Å². The van der Waals surface area contributed by atoms with E-state index in [0.29, 0.717) is 23.3 Å². The zero-order chi connectivity index (χ0) is 13.8. The number of ether oxygens (including phenoxy) is 1. The molecule has 0 amide bonds. The van der Waals surface area contributed by atoms with E-state index < -0.39 is 0 Å². The Morgan fingerprint density at radius 3 is 2.68 bits per heavy atom. The smallest absolute Gasteiger partial charge is 0.227 e.